The number of nitrogens with zero attached hydrogens (tertiary/aromatic N) is 1. The lowest BCUT2D eigenvalue weighted by Crippen LogP contribution is -2.28. The lowest BCUT2D eigenvalue weighted by Gasteiger charge is -2.26. The topological polar surface area (TPSA) is 73.6 Å². The Morgan fingerprint density at radius 1 is 0.838 bits per heavy atom. The van der Waals surface area contributed by atoms with Crippen molar-refractivity contribution in [2.45, 2.75) is 32.5 Å². The molecule has 6 heteroatoms. The number of rotatable bonds is 12. The summed E-state index contributed by atoms with van der Waals surface area (Å²) < 4.78 is 11.1. The van der Waals surface area contributed by atoms with E-state index in [1.807, 2.05) is 66.7 Å². The number of hydrogen-bond donors (Lipinski definition) is 1. The van der Waals surface area contributed by atoms with Crippen LogP contribution < -0.4 is 14.8 Å². The Morgan fingerprint density at radius 2 is 1.49 bits per heavy atom. The molecule has 0 heterocycles. The predicted octanol–water partition coefficient (Wildman–Crippen LogP) is 6.89. The quantitative estimate of drug-likeness (QED) is 0.171. The Kier molecular flexibility index (Phi) is 8.89. The van der Waals surface area contributed by atoms with E-state index in [1.165, 1.54) is 11.1 Å². The molecular weight excluding hydrogens is 464 g/mol. The zero-order valence-electron chi connectivity index (χ0n) is 21.2. The third-order valence-corrected chi connectivity index (χ3v) is 6.43. The first kappa shape index (κ1) is 25.9. The molecule has 0 bridgehead atoms. The standard InChI is InChI=1S/C31H32N2O4/c1-23(19-24-13-16-28(36-2)17-14-24)31(27-11-7-4-8-12-27)32-21-26-15-18-30(29(20-26)33(34)35)37-22-25-9-5-3-6-10-25/h3-18,20,23,31-32H,19,21-22H2,1-2H3/t23-,31-/m1/s1. The first-order valence-electron chi connectivity index (χ1n) is 12.4. The third kappa shape index (κ3) is 7.18. The van der Waals surface area contributed by atoms with E-state index in [0.29, 0.717) is 6.54 Å². The van der Waals surface area contributed by atoms with Crippen LogP contribution in [-0.4, -0.2) is 12.0 Å². The zero-order chi connectivity index (χ0) is 26.0. The lowest BCUT2D eigenvalue weighted by atomic mass is 9.89. The van der Waals surface area contributed by atoms with Crippen molar-refractivity contribution in [2.24, 2.45) is 5.92 Å². The van der Waals surface area contributed by atoms with Crippen LogP contribution in [0, 0.1) is 16.0 Å². The number of ether oxygens (including phenoxy) is 2. The fourth-order valence-corrected chi connectivity index (χ4v) is 4.46. The molecule has 0 saturated heterocycles. The summed E-state index contributed by atoms with van der Waals surface area (Å²) in [6, 6.07) is 33.3. The van der Waals surface area contributed by atoms with Crippen molar-refractivity contribution in [3.63, 3.8) is 0 Å². The Morgan fingerprint density at radius 3 is 2.14 bits per heavy atom. The van der Waals surface area contributed by atoms with Gasteiger partial charge in [0.1, 0.15) is 12.4 Å². The molecular formula is C31H32N2O4. The first-order valence-corrected chi connectivity index (χ1v) is 12.4. The van der Waals surface area contributed by atoms with Crippen molar-refractivity contribution in [2.75, 3.05) is 7.11 Å². The minimum Gasteiger partial charge on any atom is -0.497 e. The van der Waals surface area contributed by atoms with Gasteiger partial charge in [0, 0.05) is 18.7 Å². The average Bonchev–Trinajstić information content (AvgIpc) is 2.94. The van der Waals surface area contributed by atoms with E-state index in [1.54, 1.807) is 19.2 Å². The molecule has 0 radical (unpaired) electrons. The van der Waals surface area contributed by atoms with Gasteiger partial charge in [0.2, 0.25) is 0 Å². The highest BCUT2D eigenvalue weighted by atomic mass is 16.6. The van der Waals surface area contributed by atoms with E-state index in [2.05, 4.69) is 36.5 Å². The Bertz CT molecular complexity index is 1280. The molecule has 4 aromatic rings. The average molecular weight is 497 g/mol. The fourth-order valence-electron chi connectivity index (χ4n) is 4.46. The fraction of sp³-hybridized carbons (Fsp3) is 0.226. The van der Waals surface area contributed by atoms with E-state index in [4.69, 9.17) is 9.47 Å². The van der Waals surface area contributed by atoms with Crippen LogP contribution in [0.3, 0.4) is 0 Å². The normalized spacial score (nSPS) is 12.5. The Labute approximate surface area is 218 Å². The predicted molar refractivity (Wildman–Crippen MR) is 146 cm³/mol. The zero-order valence-corrected chi connectivity index (χ0v) is 21.2. The summed E-state index contributed by atoms with van der Waals surface area (Å²) >= 11 is 0. The second-order valence-corrected chi connectivity index (χ2v) is 9.13. The summed E-state index contributed by atoms with van der Waals surface area (Å²) in [7, 11) is 1.67. The van der Waals surface area contributed by atoms with Crippen LogP contribution in [0.15, 0.2) is 103 Å². The SMILES string of the molecule is COc1ccc(C[C@@H](C)[C@@H](NCc2ccc(OCc3ccccc3)c([N+](=O)[O-])c2)c2ccccc2)cc1. The summed E-state index contributed by atoms with van der Waals surface area (Å²) in [4.78, 5) is 11.4. The Hall–Kier alpha value is -4.16. The molecule has 190 valence electrons. The van der Waals surface area contributed by atoms with Crippen LogP contribution in [0.2, 0.25) is 0 Å². The van der Waals surface area contributed by atoms with Gasteiger partial charge in [-0.1, -0.05) is 85.8 Å². The maximum atomic E-state index is 11.8. The summed E-state index contributed by atoms with van der Waals surface area (Å²) in [6.07, 6.45) is 0.878. The molecule has 1 N–H and O–H groups in total. The van der Waals surface area contributed by atoms with Crippen molar-refractivity contribution in [1.29, 1.82) is 0 Å². The highest BCUT2D eigenvalue weighted by molar-refractivity contribution is 5.49. The third-order valence-electron chi connectivity index (χ3n) is 6.43. The number of hydrogen-bond acceptors (Lipinski definition) is 5. The molecule has 2 atom stereocenters. The first-order chi connectivity index (χ1) is 18.0. The molecule has 4 rings (SSSR count). The summed E-state index contributed by atoms with van der Waals surface area (Å²) in [5.41, 5.74) is 4.17. The molecule has 6 nitrogen and oxygen atoms in total. The monoisotopic (exact) mass is 496 g/mol. The van der Waals surface area contributed by atoms with Gasteiger partial charge in [0.15, 0.2) is 5.75 Å². The molecule has 0 spiro atoms. The second kappa shape index (κ2) is 12.7. The second-order valence-electron chi connectivity index (χ2n) is 9.13. The van der Waals surface area contributed by atoms with Crippen molar-refractivity contribution in [1.82, 2.24) is 5.32 Å². The minimum atomic E-state index is -0.384. The number of benzene rings is 4. The maximum absolute atomic E-state index is 11.8. The molecule has 0 aliphatic heterocycles. The van der Waals surface area contributed by atoms with Crippen LogP contribution >= 0.6 is 0 Å². The number of methoxy groups -OCH3 is 1. The van der Waals surface area contributed by atoms with E-state index in [-0.39, 0.29) is 34.9 Å². The minimum absolute atomic E-state index is 0.0298. The van der Waals surface area contributed by atoms with Crippen LogP contribution in [0.1, 0.15) is 35.2 Å². The van der Waals surface area contributed by atoms with E-state index in [9.17, 15) is 10.1 Å². The number of nitrogens with one attached hydrogen (secondary N) is 1. The van der Waals surface area contributed by atoms with E-state index < -0.39 is 0 Å². The van der Waals surface area contributed by atoms with E-state index in [0.717, 1.165) is 23.3 Å². The highest BCUT2D eigenvalue weighted by Crippen LogP contribution is 2.30. The van der Waals surface area contributed by atoms with Gasteiger partial charge in [-0.15, -0.1) is 0 Å². The highest BCUT2D eigenvalue weighted by Gasteiger charge is 2.21. The molecule has 0 amide bonds. The van der Waals surface area contributed by atoms with Gasteiger partial charge < -0.3 is 14.8 Å². The van der Waals surface area contributed by atoms with Crippen molar-refractivity contribution >= 4 is 5.69 Å². The summed E-state index contributed by atoms with van der Waals surface area (Å²) in [5, 5.41) is 15.4. The van der Waals surface area contributed by atoms with Crippen LogP contribution in [-0.2, 0) is 19.6 Å². The largest absolute Gasteiger partial charge is 0.497 e. The van der Waals surface area contributed by atoms with Crippen molar-refractivity contribution < 1.29 is 14.4 Å². The molecule has 0 unspecified atom stereocenters. The van der Waals surface area contributed by atoms with Gasteiger partial charge >= 0.3 is 5.69 Å². The molecule has 37 heavy (non-hydrogen) atoms. The van der Waals surface area contributed by atoms with Crippen molar-refractivity contribution in [3.05, 3.63) is 135 Å². The number of nitro groups is 1. The summed E-state index contributed by atoms with van der Waals surface area (Å²) in [6.45, 7) is 2.99. The van der Waals surface area contributed by atoms with Gasteiger partial charge in [-0.25, -0.2) is 0 Å². The molecule has 0 saturated carbocycles. The Balaban J connectivity index is 1.48. The van der Waals surface area contributed by atoms with Gasteiger partial charge in [-0.2, -0.15) is 0 Å². The maximum Gasteiger partial charge on any atom is 0.311 e. The lowest BCUT2D eigenvalue weighted by molar-refractivity contribution is -0.386. The summed E-state index contributed by atoms with van der Waals surface area (Å²) in [5.74, 6) is 1.39. The molecule has 0 fully saturated rings. The van der Waals surface area contributed by atoms with Crippen LogP contribution in [0.4, 0.5) is 5.69 Å². The van der Waals surface area contributed by atoms with Gasteiger partial charge in [0.25, 0.3) is 0 Å². The van der Waals surface area contributed by atoms with Crippen LogP contribution in [0.5, 0.6) is 11.5 Å². The van der Waals surface area contributed by atoms with Crippen LogP contribution in [0.25, 0.3) is 0 Å². The van der Waals surface area contributed by atoms with Gasteiger partial charge in [-0.05, 0) is 52.8 Å². The van der Waals surface area contributed by atoms with Gasteiger partial charge in [0.05, 0.1) is 12.0 Å². The molecule has 0 aliphatic carbocycles. The van der Waals surface area contributed by atoms with Crippen molar-refractivity contribution in [3.8, 4) is 11.5 Å². The smallest absolute Gasteiger partial charge is 0.311 e. The van der Waals surface area contributed by atoms with Gasteiger partial charge in [-0.3, -0.25) is 10.1 Å². The molecule has 0 aliphatic rings. The van der Waals surface area contributed by atoms with E-state index >= 15 is 0 Å². The molecule has 4 aromatic carbocycles. The molecule has 0 aromatic heterocycles. The number of nitro benzene ring substituents is 1.